The van der Waals surface area contributed by atoms with Gasteiger partial charge in [0.15, 0.2) is 6.61 Å². The van der Waals surface area contributed by atoms with Gasteiger partial charge in [-0.3, -0.25) is 14.4 Å². The number of nitrogens with one attached hydrogen (secondary N) is 1. The summed E-state index contributed by atoms with van der Waals surface area (Å²) in [7, 11) is 1.59. The summed E-state index contributed by atoms with van der Waals surface area (Å²) in [5.41, 5.74) is 0.867. The van der Waals surface area contributed by atoms with E-state index in [1.54, 1.807) is 12.0 Å². The van der Waals surface area contributed by atoms with Crippen molar-refractivity contribution < 1.29 is 23.9 Å². The number of rotatable bonds is 10. The number of piperidine rings is 1. The molecular formula is C23H34N2O5. The Kier molecular flexibility index (Phi) is 9.15. The summed E-state index contributed by atoms with van der Waals surface area (Å²) in [6, 6.07) is 7.02. The van der Waals surface area contributed by atoms with E-state index < -0.39 is 17.9 Å². The third-order valence-electron chi connectivity index (χ3n) is 5.27. The third-order valence-corrected chi connectivity index (χ3v) is 5.27. The molecule has 0 aromatic heterocycles. The van der Waals surface area contributed by atoms with Gasteiger partial charge in [0, 0.05) is 19.5 Å². The molecule has 0 unspecified atom stereocenters. The number of hydrogen-bond acceptors (Lipinski definition) is 5. The lowest BCUT2D eigenvalue weighted by Gasteiger charge is -2.40. The standard InChI is InChI=1S/C23H34N2O5/c1-5-6-13-25-21(27)12-11-19(22(25)17-7-9-18(29-4)10-8-17)23(28)30-15-20(26)24-14-16(2)3/h7-10,16,19,22H,5-6,11-15H2,1-4H3,(H,24,26)/t19-,22-/m1/s1. The third kappa shape index (κ3) is 6.47. The number of nitrogens with zero attached hydrogens (tertiary/aromatic N) is 1. The lowest BCUT2D eigenvalue weighted by molar-refractivity contribution is -0.159. The van der Waals surface area contributed by atoms with Crippen molar-refractivity contribution in [1.29, 1.82) is 0 Å². The van der Waals surface area contributed by atoms with Crippen molar-refractivity contribution in [3.8, 4) is 5.75 Å². The average Bonchev–Trinajstić information content (AvgIpc) is 2.75. The molecule has 1 aliphatic rings. The fourth-order valence-corrected chi connectivity index (χ4v) is 3.62. The van der Waals surface area contributed by atoms with Crippen molar-refractivity contribution in [2.24, 2.45) is 11.8 Å². The van der Waals surface area contributed by atoms with Crippen LogP contribution >= 0.6 is 0 Å². The van der Waals surface area contributed by atoms with Gasteiger partial charge in [0.2, 0.25) is 5.91 Å². The number of hydrogen-bond donors (Lipinski definition) is 1. The predicted octanol–water partition coefficient (Wildman–Crippen LogP) is 3.09. The maximum Gasteiger partial charge on any atom is 0.311 e. The molecule has 1 fully saturated rings. The van der Waals surface area contributed by atoms with Gasteiger partial charge in [-0.1, -0.05) is 39.3 Å². The maximum absolute atomic E-state index is 12.9. The first-order valence-electron chi connectivity index (χ1n) is 10.7. The molecule has 0 spiro atoms. The maximum atomic E-state index is 12.9. The predicted molar refractivity (Wildman–Crippen MR) is 114 cm³/mol. The molecule has 2 amide bonds. The molecule has 1 N–H and O–H groups in total. The van der Waals surface area contributed by atoms with Gasteiger partial charge in [-0.2, -0.15) is 0 Å². The van der Waals surface area contributed by atoms with Crippen molar-refractivity contribution >= 4 is 17.8 Å². The van der Waals surface area contributed by atoms with E-state index in [0.29, 0.717) is 37.6 Å². The van der Waals surface area contributed by atoms with E-state index in [4.69, 9.17) is 9.47 Å². The number of amides is 2. The summed E-state index contributed by atoms with van der Waals surface area (Å²) in [5.74, 6) is -0.186. The highest BCUT2D eigenvalue weighted by Crippen LogP contribution is 2.38. The molecule has 0 radical (unpaired) electrons. The second kappa shape index (κ2) is 11.6. The van der Waals surface area contributed by atoms with Crippen LogP contribution in [0.1, 0.15) is 58.1 Å². The number of benzene rings is 1. The largest absolute Gasteiger partial charge is 0.497 e. The summed E-state index contributed by atoms with van der Waals surface area (Å²) in [4.78, 5) is 39.3. The molecule has 1 aromatic carbocycles. The Morgan fingerprint density at radius 3 is 2.53 bits per heavy atom. The number of likely N-dealkylation sites (tertiary alicyclic amines) is 1. The number of carbonyl (C=O) groups excluding carboxylic acids is 3. The van der Waals surface area contributed by atoms with Crippen LogP contribution in [0.25, 0.3) is 0 Å². The van der Waals surface area contributed by atoms with Crippen LogP contribution in [-0.2, 0) is 19.1 Å². The molecular weight excluding hydrogens is 384 g/mol. The smallest absolute Gasteiger partial charge is 0.311 e. The van der Waals surface area contributed by atoms with Gasteiger partial charge in [0.25, 0.3) is 5.91 Å². The van der Waals surface area contributed by atoms with Crippen LogP contribution in [-0.4, -0.2) is 49.5 Å². The Bertz CT molecular complexity index is 717. The Balaban J connectivity index is 2.17. The van der Waals surface area contributed by atoms with Gasteiger partial charge >= 0.3 is 5.97 Å². The second-order valence-electron chi connectivity index (χ2n) is 8.11. The van der Waals surface area contributed by atoms with E-state index in [9.17, 15) is 14.4 Å². The quantitative estimate of drug-likeness (QED) is 0.590. The van der Waals surface area contributed by atoms with E-state index >= 15 is 0 Å². The summed E-state index contributed by atoms with van der Waals surface area (Å²) < 4.78 is 10.6. The minimum Gasteiger partial charge on any atom is -0.497 e. The summed E-state index contributed by atoms with van der Waals surface area (Å²) >= 11 is 0. The Morgan fingerprint density at radius 1 is 1.23 bits per heavy atom. The highest BCUT2D eigenvalue weighted by atomic mass is 16.5. The second-order valence-corrected chi connectivity index (χ2v) is 8.11. The minimum absolute atomic E-state index is 0.0444. The highest BCUT2D eigenvalue weighted by Gasteiger charge is 2.41. The molecule has 7 heteroatoms. The summed E-state index contributed by atoms with van der Waals surface area (Å²) in [6.45, 7) is 6.88. The molecule has 30 heavy (non-hydrogen) atoms. The zero-order valence-corrected chi connectivity index (χ0v) is 18.5. The summed E-state index contributed by atoms with van der Waals surface area (Å²) in [6.07, 6.45) is 2.52. The minimum atomic E-state index is -0.508. The molecule has 1 heterocycles. The van der Waals surface area contributed by atoms with Gasteiger partial charge < -0.3 is 19.7 Å². The Hall–Kier alpha value is -2.57. The van der Waals surface area contributed by atoms with Gasteiger partial charge in [0.05, 0.1) is 19.1 Å². The molecule has 2 atom stereocenters. The van der Waals surface area contributed by atoms with E-state index in [0.717, 1.165) is 18.4 Å². The molecule has 7 nitrogen and oxygen atoms in total. The van der Waals surface area contributed by atoms with Gasteiger partial charge in [0.1, 0.15) is 5.75 Å². The number of carbonyl (C=O) groups is 3. The number of ether oxygens (including phenoxy) is 2. The van der Waals surface area contributed by atoms with E-state index in [-0.39, 0.29) is 18.4 Å². The Labute approximate surface area is 179 Å². The van der Waals surface area contributed by atoms with E-state index in [1.807, 2.05) is 38.1 Å². The molecule has 1 aromatic rings. The zero-order valence-electron chi connectivity index (χ0n) is 18.5. The van der Waals surface area contributed by atoms with Crippen molar-refractivity contribution in [3.05, 3.63) is 29.8 Å². The van der Waals surface area contributed by atoms with Crippen LogP contribution in [0.5, 0.6) is 5.75 Å². The number of unbranched alkanes of at least 4 members (excludes halogenated alkanes) is 1. The summed E-state index contributed by atoms with van der Waals surface area (Å²) in [5, 5.41) is 2.75. The van der Waals surface area contributed by atoms with Crippen molar-refractivity contribution in [2.75, 3.05) is 26.8 Å². The number of esters is 1. The van der Waals surface area contributed by atoms with Crippen molar-refractivity contribution in [3.63, 3.8) is 0 Å². The van der Waals surface area contributed by atoms with Crippen LogP contribution in [0.4, 0.5) is 0 Å². The van der Waals surface area contributed by atoms with Gasteiger partial charge in [-0.15, -0.1) is 0 Å². The fourth-order valence-electron chi connectivity index (χ4n) is 3.62. The van der Waals surface area contributed by atoms with Gasteiger partial charge in [-0.25, -0.2) is 0 Å². The molecule has 1 aliphatic heterocycles. The molecule has 0 aliphatic carbocycles. The van der Waals surface area contributed by atoms with Crippen LogP contribution < -0.4 is 10.1 Å². The molecule has 166 valence electrons. The van der Waals surface area contributed by atoms with Crippen LogP contribution in [0.2, 0.25) is 0 Å². The highest BCUT2D eigenvalue weighted by molar-refractivity contribution is 5.84. The topological polar surface area (TPSA) is 84.9 Å². The lowest BCUT2D eigenvalue weighted by atomic mass is 9.84. The van der Waals surface area contributed by atoms with Crippen LogP contribution in [0, 0.1) is 11.8 Å². The van der Waals surface area contributed by atoms with Crippen molar-refractivity contribution in [1.82, 2.24) is 10.2 Å². The SMILES string of the molecule is CCCCN1C(=O)CC[C@@H](C(=O)OCC(=O)NCC(C)C)[C@H]1c1ccc(OC)cc1. The van der Waals surface area contributed by atoms with Gasteiger partial charge in [-0.05, 0) is 36.5 Å². The molecule has 0 saturated carbocycles. The zero-order chi connectivity index (χ0) is 22.1. The van der Waals surface area contributed by atoms with E-state index in [2.05, 4.69) is 12.2 Å². The monoisotopic (exact) mass is 418 g/mol. The lowest BCUT2D eigenvalue weighted by Crippen LogP contribution is -2.46. The Morgan fingerprint density at radius 2 is 1.93 bits per heavy atom. The fraction of sp³-hybridized carbons (Fsp3) is 0.609. The molecule has 0 bridgehead atoms. The molecule has 2 rings (SSSR count). The molecule has 1 saturated heterocycles. The van der Waals surface area contributed by atoms with E-state index in [1.165, 1.54) is 0 Å². The van der Waals surface area contributed by atoms with Crippen molar-refractivity contribution in [2.45, 2.75) is 52.5 Å². The van der Waals surface area contributed by atoms with Crippen LogP contribution in [0.15, 0.2) is 24.3 Å². The first-order chi connectivity index (χ1) is 14.4. The van der Waals surface area contributed by atoms with Crippen LogP contribution in [0.3, 0.4) is 0 Å². The first-order valence-corrected chi connectivity index (χ1v) is 10.7. The number of methoxy groups -OCH3 is 1. The average molecular weight is 419 g/mol. The normalized spacial score (nSPS) is 19.0. The first kappa shape index (κ1) is 23.7.